The first-order chi connectivity index (χ1) is 12.8. The second kappa shape index (κ2) is 8.12. The molecule has 1 aliphatic rings. The lowest BCUT2D eigenvalue weighted by molar-refractivity contribution is -0.274. The lowest BCUT2D eigenvalue weighted by Gasteiger charge is -2.09. The third-order valence-corrected chi connectivity index (χ3v) is 4.45. The number of aromatic amines is 1. The average molecular weight is 400 g/mol. The Morgan fingerprint density at radius 1 is 1.30 bits per heavy atom. The number of carbonyl (C=O) groups excluding carboxylic acids is 1. The number of halogens is 3. The summed E-state index contributed by atoms with van der Waals surface area (Å²) in [7, 11) is 0. The van der Waals surface area contributed by atoms with Gasteiger partial charge in [0.1, 0.15) is 11.6 Å². The fourth-order valence-corrected chi connectivity index (χ4v) is 3.04. The van der Waals surface area contributed by atoms with Crippen LogP contribution in [0.2, 0.25) is 0 Å². The molecular formula is C17H19F3N4O2S. The van der Waals surface area contributed by atoms with Crippen molar-refractivity contribution in [2.45, 2.75) is 44.5 Å². The lowest BCUT2D eigenvalue weighted by atomic mass is 10.1. The van der Waals surface area contributed by atoms with Gasteiger partial charge in [0.25, 0.3) is 0 Å². The van der Waals surface area contributed by atoms with Crippen molar-refractivity contribution in [3.05, 3.63) is 40.4 Å². The van der Waals surface area contributed by atoms with Crippen molar-refractivity contribution in [1.82, 2.24) is 20.1 Å². The second-order valence-electron chi connectivity index (χ2n) is 6.34. The molecular weight excluding hydrogens is 381 g/mol. The van der Waals surface area contributed by atoms with Crippen LogP contribution in [-0.4, -0.2) is 33.6 Å². The van der Waals surface area contributed by atoms with E-state index in [4.69, 9.17) is 12.2 Å². The van der Waals surface area contributed by atoms with Gasteiger partial charge in [0.2, 0.25) is 5.91 Å². The van der Waals surface area contributed by atoms with Crippen molar-refractivity contribution in [2.24, 2.45) is 0 Å². The Morgan fingerprint density at radius 2 is 2.00 bits per heavy atom. The van der Waals surface area contributed by atoms with Crippen molar-refractivity contribution in [1.29, 1.82) is 0 Å². The fourth-order valence-electron chi connectivity index (χ4n) is 2.74. The van der Waals surface area contributed by atoms with Crippen LogP contribution in [0.15, 0.2) is 24.3 Å². The van der Waals surface area contributed by atoms with E-state index in [1.54, 1.807) is 0 Å². The average Bonchev–Trinajstić information content (AvgIpc) is 3.36. The summed E-state index contributed by atoms with van der Waals surface area (Å²) in [6.07, 6.45) is -1.26. The third kappa shape index (κ3) is 5.81. The molecule has 2 aromatic rings. The minimum Gasteiger partial charge on any atom is -0.406 e. The molecule has 0 saturated heterocycles. The number of hydrogen-bond donors (Lipinski definition) is 2. The van der Waals surface area contributed by atoms with Crippen molar-refractivity contribution >= 4 is 18.1 Å². The van der Waals surface area contributed by atoms with Gasteiger partial charge in [0, 0.05) is 25.4 Å². The first-order valence-corrected chi connectivity index (χ1v) is 9.00. The number of aryl methyl sites for hydroxylation is 1. The molecule has 146 valence electrons. The fraction of sp³-hybridized carbons (Fsp3) is 0.471. The quantitative estimate of drug-likeness (QED) is 0.666. The Bertz CT molecular complexity index is 841. The number of rotatable bonds is 8. The maximum atomic E-state index is 12.1. The summed E-state index contributed by atoms with van der Waals surface area (Å²) < 4.78 is 42.8. The number of benzene rings is 1. The molecule has 6 nitrogen and oxygen atoms in total. The number of carbonyl (C=O) groups is 1. The Morgan fingerprint density at radius 3 is 2.63 bits per heavy atom. The zero-order chi connectivity index (χ0) is 19.4. The highest BCUT2D eigenvalue weighted by molar-refractivity contribution is 7.71. The highest BCUT2D eigenvalue weighted by atomic mass is 32.1. The topological polar surface area (TPSA) is 71.9 Å². The summed E-state index contributed by atoms with van der Waals surface area (Å²) in [6.45, 7) is 0.448. The van der Waals surface area contributed by atoms with Gasteiger partial charge in [-0.3, -0.25) is 9.89 Å². The maximum absolute atomic E-state index is 12.1. The number of nitrogens with zero attached hydrogens (tertiary/aromatic N) is 2. The molecule has 3 rings (SSSR count). The van der Waals surface area contributed by atoms with E-state index in [1.807, 2.05) is 4.57 Å². The predicted octanol–water partition coefficient (Wildman–Crippen LogP) is 3.47. The van der Waals surface area contributed by atoms with Gasteiger partial charge in [-0.05, 0) is 49.2 Å². The largest absolute Gasteiger partial charge is 0.573 e. The zero-order valence-corrected chi connectivity index (χ0v) is 15.2. The van der Waals surface area contributed by atoms with Gasteiger partial charge in [-0.25, -0.2) is 0 Å². The van der Waals surface area contributed by atoms with E-state index in [2.05, 4.69) is 20.3 Å². The number of amides is 1. The van der Waals surface area contributed by atoms with Gasteiger partial charge < -0.3 is 14.6 Å². The predicted molar refractivity (Wildman–Crippen MR) is 93.8 cm³/mol. The molecule has 0 bridgehead atoms. The molecule has 1 heterocycles. The van der Waals surface area contributed by atoms with Gasteiger partial charge in [-0.1, -0.05) is 12.1 Å². The van der Waals surface area contributed by atoms with Crippen LogP contribution in [0.1, 0.15) is 36.7 Å². The summed E-state index contributed by atoms with van der Waals surface area (Å²) in [5, 5.41) is 9.81. The van der Waals surface area contributed by atoms with Gasteiger partial charge in [-0.15, -0.1) is 13.2 Å². The second-order valence-corrected chi connectivity index (χ2v) is 6.72. The summed E-state index contributed by atoms with van der Waals surface area (Å²) in [4.78, 5) is 12.0. The minimum absolute atomic E-state index is 0.127. The molecule has 1 fully saturated rings. The number of nitrogens with one attached hydrogen (secondary N) is 2. The van der Waals surface area contributed by atoms with E-state index in [0.717, 1.165) is 24.2 Å². The number of aromatic nitrogens is 3. The highest BCUT2D eigenvalue weighted by Crippen LogP contribution is 2.35. The van der Waals surface area contributed by atoms with Crippen molar-refractivity contribution in [3.63, 3.8) is 0 Å². The van der Waals surface area contributed by atoms with Crippen LogP contribution in [0.3, 0.4) is 0 Å². The van der Waals surface area contributed by atoms with Crippen LogP contribution >= 0.6 is 12.2 Å². The van der Waals surface area contributed by atoms with E-state index in [0.29, 0.717) is 30.2 Å². The van der Waals surface area contributed by atoms with Crippen LogP contribution in [0.25, 0.3) is 0 Å². The normalized spacial score (nSPS) is 14.2. The molecule has 1 aliphatic carbocycles. The Balaban J connectivity index is 1.40. The summed E-state index contributed by atoms with van der Waals surface area (Å²) in [5.41, 5.74) is 0.759. The monoisotopic (exact) mass is 400 g/mol. The Hall–Kier alpha value is -2.36. The van der Waals surface area contributed by atoms with Crippen LogP contribution in [0.5, 0.6) is 5.75 Å². The molecule has 1 aromatic heterocycles. The molecule has 2 N–H and O–H groups in total. The molecule has 27 heavy (non-hydrogen) atoms. The van der Waals surface area contributed by atoms with Crippen LogP contribution in [0, 0.1) is 4.77 Å². The molecule has 1 amide bonds. The molecule has 0 atom stereocenters. The van der Waals surface area contributed by atoms with Crippen LogP contribution in [0.4, 0.5) is 13.2 Å². The highest BCUT2D eigenvalue weighted by Gasteiger charge is 2.31. The van der Waals surface area contributed by atoms with E-state index in [1.165, 1.54) is 24.3 Å². The molecule has 0 radical (unpaired) electrons. The summed E-state index contributed by atoms with van der Waals surface area (Å²) in [5.74, 6) is 0.431. The molecule has 0 unspecified atom stereocenters. The number of hydrogen-bond acceptors (Lipinski definition) is 4. The number of alkyl halides is 3. The van der Waals surface area contributed by atoms with Gasteiger partial charge in [0.15, 0.2) is 4.77 Å². The lowest BCUT2D eigenvalue weighted by Crippen LogP contribution is -2.26. The minimum atomic E-state index is -4.71. The smallest absolute Gasteiger partial charge is 0.406 e. The first-order valence-electron chi connectivity index (χ1n) is 8.59. The first kappa shape index (κ1) is 19.4. The molecule has 1 aromatic carbocycles. The third-order valence-electron chi connectivity index (χ3n) is 4.16. The van der Waals surface area contributed by atoms with Gasteiger partial charge in [-0.2, -0.15) is 5.10 Å². The van der Waals surface area contributed by atoms with Crippen molar-refractivity contribution in [3.8, 4) is 5.75 Å². The van der Waals surface area contributed by atoms with Gasteiger partial charge >= 0.3 is 6.36 Å². The molecule has 0 aliphatic heterocycles. The van der Waals surface area contributed by atoms with E-state index < -0.39 is 6.36 Å². The van der Waals surface area contributed by atoms with Gasteiger partial charge in [0.05, 0.1) is 0 Å². The van der Waals surface area contributed by atoms with Crippen molar-refractivity contribution < 1.29 is 22.7 Å². The molecule has 1 saturated carbocycles. The SMILES string of the molecule is O=C(CCc1ccc(OC(F)(F)F)cc1)NCCc1n[nH]c(=S)n1C1CC1. The van der Waals surface area contributed by atoms with Crippen LogP contribution < -0.4 is 10.1 Å². The summed E-state index contributed by atoms with van der Waals surface area (Å²) in [6, 6.07) is 5.93. The van der Waals surface area contributed by atoms with Crippen molar-refractivity contribution in [2.75, 3.05) is 6.54 Å². The van der Waals surface area contributed by atoms with E-state index in [-0.39, 0.29) is 18.1 Å². The molecule has 10 heteroatoms. The number of ether oxygens (including phenoxy) is 1. The standard InChI is InChI=1S/C17H19F3N4O2S/c18-17(19,20)26-13-6-1-11(2-7-13)3-8-15(25)21-10-9-14-22-23-16(27)24(14)12-4-5-12/h1-2,6-7,12H,3-5,8-10H2,(H,21,25)(H,23,27). The summed E-state index contributed by atoms with van der Waals surface area (Å²) >= 11 is 5.21. The Labute approximate surface area is 158 Å². The van der Waals surface area contributed by atoms with E-state index >= 15 is 0 Å². The van der Waals surface area contributed by atoms with Crippen LogP contribution in [-0.2, 0) is 17.6 Å². The van der Waals surface area contributed by atoms with E-state index in [9.17, 15) is 18.0 Å². The Kier molecular flexibility index (Phi) is 5.83. The number of H-pyrrole nitrogens is 1. The molecule has 0 spiro atoms. The maximum Gasteiger partial charge on any atom is 0.573 e. The zero-order valence-electron chi connectivity index (χ0n) is 14.4.